The second-order valence-corrected chi connectivity index (χ2v) is 5.13. The molecular formula is C14H19ClN4O. The maximum atomic E-state index is 12.0. The molecule has 0 unspecified atom stereocenters. The highest BCUT2D eigenvalue weighted by atomic mass is 35.5. The van der Waals surface area contributed by atoms with Crippen LogP contribution in [0.25, 0.3) is 5.65 Å². The van der Waals surface area contributed by atoms with Gasteiger partial charge in [0.25, 0.3) is 5.56 Å². The van der Waals surface area contributed by atoms with Gasteiger partial charge in [0.15, 0.2) is 0 Å². The van der Waals surface area contributed by atoms with Crippen LogP contribution in [0.3, 0.4) is 0 Å². The smallest absolute Gasteiger partial charge is 0.258 e. The van der Waals surface area contributed by atoms with Crippen molar-refractivity contribution in [2.75, 3.05) is 13.1 Å². The van der Waals surface area contributed by atoms with Crippen LogP contribution in [0.15, 0.2) is 35.3 Å². The number of hydrogen-bond donors (Lipinski definition) is 1. The molecule has 108 valence electrons. The Balaban J connectivity index is 0.00000147. The number of aromatic nitrogens is 2. The molecule has 2 N–H and O–H groups in total. The van der Waals surface area contributed by atoms with Crippen molar-refractivity contribution in [3.63, 3.8) is 0 Å². The van der Waals surface area contributed by atoms with Crippen molar-refractivity contribution in [2.45, 2.75) is 25.4 Å². The van der Waals surface area contributed by atoms with E-state index >= 15 is 0 Å². The van der Waals surface area contributed by atoms with E-state index < -0.39 is 0 Å². The van der Waals surface area contributed by atoms with E-state index in [4.69, 9.17) is 5.73 Å². The lowest BCUT2D eigenvalue weighted by atomic mass is 10.1. The fraction of sp³-hybridized carbons (Fsp3) is 0.429. The van der Waals surface area contributed by atoms with Crippen LogP contribution in [-0.2, 0) is 6.54 Å². The predicted octanol–water partition coefficient (Wildman–Crippen LogP) is 1.04. The van der Waals surface area contributed by atoms with E-state index in [2.05, 4.69) is 9.88 Å². The summed E-state index contributed by atoms with van der Waals surface area (Å²) in [5.41, 5.74) is 7.42. The van der Waals surface area contributed by atoms with Crippen molar-refractivity contribution < 1.29 is 0 Å². The Kier molecular flexibility index (Phi) is 4.75. The summed E-state index contributed by atoms with van der Waals surface area (Å²) >= 11 is 0. The van der Waals surface area contributed by atoms with Crippen LogP contribution in [0.1, 0.15) is 18.5 Å². The summed E-state index contributed by atoms with van der Waals surface area (Å²) in [6.45, 7) is 2.70. The Hall–Kier alpha value is -1.43. The Morgan fingerprint density at radius 1 is 1.30 bits per heavy atom. The summed E-state index contributed by atoms with van der Waals surface area (Å²) in [6.07, 6.45) is 3.79. The number of likely N-dealkylation sites (tertiary alicyclic amines) is 1. The number of fused-ring (bicyclic) bond motifs is 1. The van der Waals surface area contributed by atoms with E-state index in [1.165, 1.54) is 0 Å². The minimum Gasteiger partial charge on any atom is -0.328 e. The molecule has 3 heterocycles. The molecule has 2 aromatic rings. The van der Waals surface area contributed by atoms with Crippen molar-refractivity contribution in [3.05, 3.63) is 46.5 Å². The molecule has 5 nitrogen and oxygen atoms in total. The number of piperidine rings is 1. The molecule has 0 bridgehead atoms. The lowest BCUT2D eigenvalue weighted by Crippen LogP contribution is -2.39. The number of pyridine rings is 1. The fourth-order valence-electron chi connectivity index (χ4n) is 2.52. The van der Waals surface area contributed by atoms with Gasteiger partial charge in [-0.3, -0.25) is 14.1 Å². The first kappa shape index (κ1) is 15.0. The zero-order valence-electron chi connectivity index (χ0n) is 11.2. The second kappa shape index (κ2) is 6.35. The molecule has 2 aromatic heterocycles. The Bertz CT molecular complexity index is 634. The van der Waals surface area contributed by atoms with Gasteiger partial charge in [-0.2, -0.15) is 0 Å². The van der Waals surface area contributed by atoms with Crippen molar-refractivity contribution in [1.29, 1.82) is 0 Å². The SMILES string of the molecule is Cl.NC1CCN(Cc2cc(=O)n3ccccc3n2)CC1. The van der Waals surface area contributed by atoms with Crippen LogP contribution in [0.2, 0.25) is 0 Å². The lowest BCUT2D eigenvalue weighted by molar-refractivity contribution is 0.203. The van der Waals surface area contributed by atoms with Gasteiger partial charge in [0.05, 0.1) is 5.69 Å². The van der Waals surface area contributed by atoms with Gasteiger partial charge < -0.3 is 5.73 Å². The average Bonchev–Trinajstić information content (AvgIpc) is 2.42. The van der Waals surface area contributed by atoms with E-state index in [1.54, 1.807) is 16.7 Å². The molecule has 6 heteroatoms. The van der Waals surface area contributed by atoms with Gasteiger partial charge in [-0.15, -0.1) is 12.4 Å². The average molecular weight is 295 g/mol. The van der Waals surface area contributed by atoms with Gasteiger partial charge in [0.1, 0.15) is 5.65 Å². The summed E-state index contributed by atoms with van der Waals surface area (Å²) < 4.78 is 1.57. The minimum atomic E-state index is -0.0192. The van der Waals surface area contributed by atoms with Gasteiger partial charge in [0.2, 0.25) is 0 Å². The molecule has 1 aliphatic heterocycles. The molecule has 0 saturated carbocycles. The second-order valence-electron chi connectivity index (χ2n) is 5.13. The third-order valence-electron chi connectivity index (χ3n) is 3.64. The van der Waals surface area contributed by atoms with E-state index in [0.717, 1.165) is 38.2 Å². The summed E-state index contributed by atoms with van der Waals surface area (Å²) in [6, 6.07) is 7.54. The first-order chi connectivity index (χ1) is 9.22. The molecule has 1 aliphatic rings. The Morgan fingerprint density at radius 2 is 2.05 bits per heavy atom. The normalized spacial score (nSPS) is 17.1. The molecule has 0 spiro atoms. The molecule has 0 aliphatic carbocycles. The summed E-state index contributed by atoms with van der Waals surface area (Å²) in [4.78, 5) is 18.8. The molecule has 0 amide bonds. The van der Waals surface area contributed by atoms with Crippen molar-refractivity contribution in [1.82, 2.24) is 14.3 Å². The van der Waals surface area contributed by atoms with E-state index in [9.17, 15) is 4.79 Å². The van der Waals surface area contributed by atoms with E-state index in [1.807, 2.05) is 18.2 Å². The van der Waals surface area contributed by atoms with Gasteiger partial charge in [-0.1, -0.05) is 6.07 Å². The van der Waals surface area contributed by atoms with Crippen molar-refractivity contribution in [3.8, 4) is 0 Å². The highest BCUT2D eigenvalue weighted by Gasteiger charge is 2.16. The first-order valence-corrected chi connectivity index (χ1v) is 6.67. The van der Waals surface area contributed by atoms with E-state index in [-0.39, 0.29) is 18.0 Å². The molecular weight excluding hydrogens is 276 g/mol. The summed E-state index contributed by atoms with van der Waals surface area (Å²) in [5, 5.41) is 0. The Labute approximate surface area is 123 Å². The van der Waals surface area contributed by atoms with Crippen LogP contribution < -0.4 is 11.3 Å². The Morgan fingerprint density at radius 3 is 2.80 bits per heavy atom. The lowest BCUT2D eigenvalue weighted by Gasteiger charge is -2.29. The molecule has 3 rings (SSSR count). The third-order valence-corrected chi connectivity index (χ3v) is 3.64. The van der Waals surface area contributed by atoms with Crippen molar-refractivity contribution in [2.24, 2.45) is 5.73 Å². The van der Waals surface area contributed by atoms with Crippen molar-refractivity contribution >= 4 is 18.1 Å². The molecule has 0 atom stereocenters. The number of nitrogens with zero attached hydrogens (tertiary/aromatic N) is 3. The fourth-order valence-corrected chi connectivity index (χ4v) is 2.52. The first-order valence-electron chi connectivity index (χ1n) is 6.67. The number of nitrogens with two attached hydrogens (primary N) is 1. The zero-order valence-corrected chi connectivity index (χ0v) is 12.1. The van der Waals surface area contributed by atoms with Gasteiger partial charge >= 0.3 is 0 Å². The molecule has 1 saturated heterocycles. The van der Waals surface area contributed by atoms with Crippen LogP contribution in [0.5, 0.6) is 0 Å². The molecule has 0 radical (unpaired) electrons. The number of halogens is 1. The topological polar surface area (TPSA) is 63.6 Å². The maximum absolute atomic E-state index is 12.0. The van der Waals surface area contributed by atoms with Crippen LogP contribution >= 0.6 is 12.4 Å². The molecule has 1 fully saturated rings. The minimum absolute atomic E-state index is 0. The highest BCUT2D eigenvalue weighted by Crippen LogP contribution is 2.11. The zero-order chi connectivity index (χ0) is 13.2. The highest BCUT2D eigenvalue weighted by molar-refractivity contribution is 5.85. The standard InChI is InChI=1S/C14H18N4O.ClH/c15-11-4-7-17(8-5-11)10-12-9-14(19)18-6-2-1-3-13(18)16-12;/h1-3,6,9,11H,4-5,7-8,10,15H2;1H. The summed E-state index contributed by atoms with van der Waals surface area (Å²) in [7, 11) is 0. The van der Waals surface area contributed by atoms with Gasteiger partial charge in [-0.25, -0.2) is 4.98 Å². The maximum Gasteiger partial charge on any atom is 0.258 e. The number of rotatable bonds is 2. The van der Waals surface area contributed by atoms with Crippen LogP contribution in [0.4, 0.5) is 0 Å². The van der Waals surface area contributed by atoms with Gasteiger partial charge in [0, 0.05) is 37.9 Å². The van der Waals surface area contributed by atoms with Crippen LogP contribution in [0, 0.1) is 0 Å². The quantitative estimate of drug-likeness (QED) is 0.899. The summed E-state index contributed by atoms with van der Waals surface area (Å²) in [5.74, 6) is 0. The molecule has 0 aromatic carbocycles. The monoisotopic (exact) mass is 294 g/mol. The third kappa shape index (κ3) is 3.17. The number of hydrogen-bond acceptors (Lipinski definition) is 4. The van der Waals surface area contributed by atoms with Crippen LogP contribution in [-0.4, -0.2) is 33.4 Å². The van der Waals surface area contributed by atoms with E-state index in [0.29, 0.717) is 11.7 Å². The van der Waals surface area contributed by atoms with Gasteiger partial charge in [-0.05, 0) is 25.0 Å². The predicted molar refractivity (Wildman–Crippen MR) is 81.2 cm³/mol. The molecule has 20 heavy (non-hydrogen) atoms. The largest absolute Gasteiger partial charge is 0.328 e.